The number of allylic oxidation sites excluding steroid dienone is 2. The van der Waals surface area contributed by atoms with Crippen LogP contribution in [0.4, 0.5) is 0 Å². The van der Waals surface area contributed by atoms with Gasteiger partial charge in [0.05, 0.1) is 5.76 Å². The van der Waals surface area contributed by atoms with Crippen molar-refractivity contribution in [3.8, 4) is 0 Å². The second-order valence-corrected chi connectivity index (χ2v) is 1.59. The Morgan fingerprint density at radius 1 is 1.14 bits per heavy atom. The zero-order valence-corrected chi connectivity index (χ0v) is 5.15. The molecule has 7 heavy (non-hydrogen) atoms. The Morgan fingerprint density at radius 2 is 1.29 bits per heavy atom. The van der Waals surface area contributed by atoms with Gasteiger partial charge in [0.15, 0.2) is 0 Å². The van der Waals surface area contributed by atoms with E-state index < -0.39 is 0 Å². The SMILES string of the molecule is CC(C)=C(C)O.N. The Labute approximate surface area is 44.4 Å². The van der Waals surface area contributed by atoms with Crippen molar-refractivity contribution in [2.75, 3.05) is 0 Å². The Kier molecular flexibility index (Phi) is 5.11. The van der Waals surface area contributed by atoms with Crippen molar-refractivity contribution in [1.82, 2.24) is 6.15 Å². The molecule has 0 saturated carbocycles. The maximum atomic E-state index is 8.51. The minimum Gasteiger partial charge on any atom is -0.513 e. The predicted molar refractivity (Wildman–Crippen MR) is 31.7 cm³/mol. The van der Waals surface area contributed by atoms with Gasteiger partial charge in [-0.15, -0.1) is 0 Å². The fourth-order valence-electron chi connectivity index (χ4n) is 0. The quantitative estimate of drug-likeness (QED) is 0.461. The lowest BCUT2D eigenvalue weighted by Crippen LogP contribution is -1.71. The molecule has 0 amide bonds. The van der Waals surface area contributed by atoms with Gasteiger partial charge in [0.1, 0.15) is 0 Å². The summed E-state index contributed by atoms with van der Waals surface area (Å²) in [7, 11) is 0. The zero-order valence-electron chi connectivity index (χ0n) is 5.15. The van der Waals surface area contributed by atoms with E-state index in [4.69, 9.17) is 5.11 Å². The van der Waals surface area contributed by atoms with Gasteiger partial charge < -0.3 is 11.3 Å². The smallest absolute Gasteiger partial charge is 0.0878 e. The highest BCUT2D eigenvalue weighted by Gasteiger charge is 1.78. The molecule has 0 spiro atoms. The topological polar surface area (TPSA) is 55.2 Å². The highest BCUT2D eigenvalue weighted by atomic mass is 16.3. The molecule has 0 fully saturated rings. The van der Waals surface area contributed by atoms with Crippen molar-refractivity contribution < 1.29 is 5.11 Å². The van der Waals surface area contributed by atoms with Crippen LogP contribution in [0.25, 0.3) is 0 Å². The van der Waals surface area contributed by atoms with Crippen molar-refractivity contribution in [3.63, 3.8) is 0 Å². The van der Waals surface area contributed by atoms with Crippen LogP contribution in [0.2, 0.25) is 0 Å². The first kappa shape index (κ1) is 9.71. The van der Waals surface area contributed by atoms with Crippen LogP contribution in [-0.4, -0.2) is 5.11 Å². The summed E-state index contributed by atoms with van der Waals surface area (Å²) >= 11 is 0. The lowest BCUT2D eigenvalue weighted by atomic mass is 10.3. The maximum absolute atomic E-state index is 8.51. The van der Waals surface area contributed by atoms with E-state index in [1.807, 2.05) is 13.8 Å². The lowest BCUT2D eigenvalue weighted by molar-refractivity contribution is 0.407. The summed E-state index contributed by atoms with van der Waals surface area (Å²) in [6.45, 7) is 5.42. The Balaban J connectivity index is 0. The van der Waals surface area contributed by atoms with Gasteiger partial charge >= 0.3 is 0 Å². The summed E-state index contributed by atoms with van der Waals surface area (Å²) in [5.41, 5.74) is 0.981. The van der Waals surface area contributed by atoms with Gasteiger partial charge in [-0.3, -0.25) is 0 Å². The highest BCUT2D eigenvalue weighted by Crippen LogP contribution is 1.93. The average molecular weight is 103 g/mol. The van der Waals surface area contributed by atoms with Crippen molar-refractivity contribution in [2.45, 2.75) is 20.8 Å². The summed E-state index contributed by atoms with van der Waals surface area (Å²) < 4.78 is 0. The molecule has 0 aliphatic rings. The fourth-order valence-corrected chi connectivity index (χ4v) is 0. The standard InChI is InChI=1S/C5H10O.H3N/c1-4(2)5(3)6;/h6H,1-3H3;1H3. The van der Waals surface area contributed by atoms with E-state index in [9.17, 15) is 0 Å². The van der Waals surface area contributed by atoms with Gasteiger partial charge in [-0.2, -0.15) is 0 Å². The third kappa shape index (κ3) is 5.50. The second-order valence-electron chi connectivity index (χ2n) is 1.59. The number of aliphatic hydroxyl groups is 1. The number of rotatable bonds is 0. The van der Waals surface area contributed by atoms with E-state index in [1.165, 1.54) is 0 Å². The van der Waals surface area contributed by atoms with Crippen LogP contribution in [-0.2, 0) is 0 Å². The minimum absolute atomic E-state index is 0. The summed E-state index contributed by atoms with van der Waals surface area (Å²) in [5.74, 6) is 0.426. The molecule has 0 aromatic carbocycles. The van der Waals surface area contributed by atoms with E-state index in [1.54, 1.807) is 6.92 Å². The summed E-state index contributed by atoms with van der Waals surface area (Å²) in [6.07, 6.45) is 0. The van der Waals surface area contributed by atoms with Crippen LogP contribution in [0.3, 0.4) is 0 Å². The van der Waals surface area contributed by atoms with Crippen LogP contribution >= 0.6 is 0 Å². The lowest BCUT2D eigenvalue weighted by Gasteiger charge is -1.87. The molecule has 0 bridgehead atoms. The molecule has 0 aromatic heterocycles. The van der Waals surface area contributed by atoms with E-state index in [0.717, 1.165) is 5.57 Å². The van der Waals surface area contributed by atoms with Crippen LogP contribution in [0.15, 0.2) is 11.3 Å². The molecule has 44 valence electrons. The van der Waals surface area contributed by atoms with E-state index in [2.05, 4.69) is 0 Å². The van der Waals surface area contributed by atoms with Gasteiger partial charge in [0.25, 0.3) is 0 Å². The molecule has 2 nitrogen and oxygen atoms in total. The molecule has 0 atom stereocenters. The number of aliphatic hydroxyl groups excluding tert-OH is 1. The Bertz CT molecular complexity index is 58.1. The van der Waals surface area contributed by atoms with E-state index >= 15 is 0 Å². The van der Waals surface area contributed by atoms with Gasteiger partial charge in [-0.1, -0.05) is 0 Å². The monoisotopic (exact) mass is 103 g/mol. The zero-order chi connectivity index (χ0) is 5.15. The molecule has 2 heteroatoms. The van der Waals surface area contributed by atoms with Gasteiger partial charge in [-0.25, -0.2) is 0 Å². The number of hydrogen-bond donors (Lipinski definition) is 2. The third-order valence-electron chi connectivity index (χ3n) is 0.724. The third-order valence-corrected chi connectivity index (χ3v) is 0.724. The molecule has 0 aromatic rings. The van der Waals surface area contributed by atoms with Gasteiger partial charge in [-0.05, 0) is 26.3 Å². The first-order chi connectivity index (χ1) is 2.64. The molecule has 0 saturated heterocycles. The molecular weight excluding hydrogens is 90.1 g/mol. The predicted octanol–water partition coefficient (Wildman–Crippen LogP) is 2.02. The average Bonchev–Trinajstić information content (AvgIpc) is 1.36. The van der Waals surface area contributed by atoms with Crippen molar-refractivity contribution in [3.05, 3.63) is 11.3 Å². The van der Waals surface area contributed by atoms with Crippen molar-refractivity contribution in [1.29, 1.82) is 0 Å². The number of hydrogen-bond acceptors (Lipinski definition) is 2. The van der Waals surface area contributed by atoms with Crippen LogP contribution < -0.4 is 6.15 Å². The molecule has 0 heterocycles. The maximum Gasteiger partial charge on any atom is 0.0878 e. The first-order valence-corrected chi connectivity index (χ1v) is 1.97. The summed E-state index contributed by atoms with van der Waals surface area (Å²) in [4.78, 5) is 0. The molecule has 0 radical (unpaired) electrons. The van der Waals surface area contributed by atoms with Gasteiger partial charge in [0, 0.05) is 0 Å². The van der Waals surface area contributed by atoms with Crippen LogP contribution in [0.5, 0.6) is 0 Å². The highest BCUT2D eigenvalue weighted by molar-refractivity contribution is 4.96. The molecule has 0 aliphatic heterocycles. The van der Waals surface area contributed by atoms with Crippen molar-refractivity contribution in [2.24, 2.45) is 0 Å². The molecule has 4 N–H and O–H groups in total. The summed E-state index contributed by atoms with van der Waals surface area (Å²) in [5, 5.41) is 8.51. The second kappa shape index (κ2) is 3.68. The van der Waals surface area contributed by atoms with E-state index in [0.29, 0.717) is 5.76 Å². The Hall–Kier alpha value is -0.500. The molecule has 0 aliphatic carbocycles. The molecular formula is C5H13NO. The normalized spacial score (nSPS) is 6.71. The fraction of sp³-hybridized carbons (Fsp3) is 0.600. The molecule has 0 unspecified atom stereocenters. The first-order valence-electron chi connectivity index (χ1n) is 1.97. The summed E-state index contributed by atoms with van der Waals surface area (Å²) in [6, 6.07) is 0. The minimum atomic E-state index is 0. The molecule has 0 rings (SSSR count). The van der Waals surface area contributed by atoms with Crippen molar-refractivity contribution >= 4 is 0 Å². The van der Waals surface area contributed by atoms with E-state index in [-0.39, 0.29) is 6.15 Å². The van der Waals surface area contributed by atoms with Crippen LogP contribution in [0.1, 0.15) is 20.8 Å². The van der Waals surface area contributed by atoms with Gasteiger partial charge in [0.2, 0.25) is 0 Å². The largest absolute Gasteiger partial charge is 0.513 e. The Morgan fingerprint density at radius 3 is 1.29 bits per heavy atom. The van der Waals surface area contributed by atoms with Crippen LogP contribution in [0, 0.1) is 0 Å².